The fourth-order valence-corrected chi connectivity index (χ4v) is 2.99. The van der Waals surface area contributed by atoms with E-state index < -0.39 is 0 Å². The van der Waals surface area contributed by atoms with Gasteiger partial charge in [-0.3, -0.25) is 0 Å². The second kappa shape index (κ2) is 5.13. The first-order chi connectivity index (χ1) is 7.63. The summed E-state index contributed by atoms with van der Waals surface area (Å²) in [6.07, 6.45) is 5.42. The molecular weight excluding hydrogens is 266 g/mol. The minimum absolute atomic E-state index is 0.556. The zero-order valence-corrected chi connectivity index (χ0v) is 11.4. The van der Waals surface area contributed by atoms with E-state index in [9.17, 15) is 0 Å². The van der Waals surface area contributed by atoms with E-state index in [1.807, 2.05) is 6.07 Å². The van der Waals surface area contributed by atoms with Crippen LogP contribution in [0.2, 0.25) is 0 Å². The second-order valence-corrected chi connectivity index (χ2v) is 5.80. The molecule has 1 aromatic heterocycles. The lowest BCUT2D eigenvalue weighted by molar-refractivity contribution is 0.280. The van der Waals surface area contributed by atoms with Gasteiger partial charge in [-0.25, -0.2) is 9.97 Å². The first-order valence-electron chi connectivity index (χ1n) is 5.87. The third-order valence-electron chi connectivity index (χ3n) is 3.16. The fraction of sp³-hybridized carbons (Fsp3) is 0.667. The van der Waals surface area contributed by atoms with Crippen molar-refractivity contribution in [3.8, 4) is 0 Å². The highest BCUT2D eigenvalue weighted by molar-refractivity contribution is 9.10. The van der Waals surface area contributed by atoms with Crippen molar-refractivity contribution in [3.63, 3.8) is 0 Å². The summed E-state index contributed by atoms with van der Waals surface area (Å²) in [5, 5.41) is 3.50. The van der Waals surface area contributed by atoms with Gasteiger partial charge in [0.05, 0.1) is 0 Å². The third-order valence-corrected chi connectivity index (χ3v) is 3.60. The summed E-state index contributed by atoms with van der Waals surface area (Å²) < 4.78 is 0.835. The zero-order valence-electron chi connectivity index (χ0n) is 9.78. The number of aromatic nitrogens is 2. The number of hydrogen-bond donors (Lipinski definition) is 1. The van der Waals surface area contributed by atoms with E-state index >= 15 is 0 Å². The highest BCUT2D eigenvalue weighted by Crippen LogP contribution is 2.30. The van der Waals surface area contributed by atoms with Gasteiger partial charge in [-0.2, -0.15) is 0 Å². The number of hydrogen-bond acceptors (Lipinski definition) is 3. The van der Waals surface area contributed by atoms with Crippen LogP contribution in [0.4, 0.5) is 5.82 Å². The lowest BCUT2D eigenvalue weighted by atomic mass is 9.80. The predicted molar refractivity (Wildman–Crippen MR) is 69.3 cm³/mol. The Morgan fingerprint density at radius 1 is 1.19 bits per heavy atom. The molecule has 0 aliphatic heterocycles. The Hall–Kier alpha value is -0.640. The normalized spacial score (nSPS) is 30.1. The molecule has 1 fully saturated rings. The molecule has 2 unspecified atom stereocenters. The smallest absolute Gasteiger partial charge is 0.130 e. The Morgan fingerprint density at radius 2 is 1.88 bits per heavy atom. The molecule has 4 heteroatoms. The molecule has 1 N–H and O–H groups in total. The summed E-state index contributed by atoms with van der Waals surface area (Å²) in [7, 11) is 0. The molecule has 1 saturated carbocycles. The molecule has 0 radical (unpaired) electrons. The molecule has 0 bridgehead atoms. The zero-order chi connectivity index (χ0) is 11.5. The van der Waals surface area contributed by atoms with Crippen LogP contribution in [0, 0.1) is 11.8 Å². The first-order valence-corrected chi connectivity index (χ1v) is 6.67. The summed E-state index contributed by atoms with van der Waals surface area (Å²) in [4.78, 5) is 8.26. The van der Waals surface area contributed by atoms with Crippen molar-refractivity contribution in [1.82, 2.24) is 9.97 Å². The molecular formula is C12H18BrN3. The predicted octanol–water partition coefficient (Wildman–Crippen LogP) is 3.48. The summed E-state index contributed by atoms with van der Waals surface area (Å²) in [6, 6.07) is 2.49. The van der Waals surface area contributed by atoms with Gasteiger partial charge < -0.3 is 5.32 Å². The Bertz CT molecular complexity index is 346. The Labute approximate surface area is 105 Å². The second-order valence-electron chi connectivity index (χ2n) is 4.98. The molecule has 0 amide bonds. The van der Waals surface area contributed by atoms with Crippen LogP contribution in [0.15, 0.2) is 17.0 Å². The topological polar surface area (TPSA) is 37.8 Å². The summed E-state index contributed by atoms with van der Waals surface area (Å²) >= 11 is 3.36. The molecule has 2 rings (SSSR count). The number of nitrogens with zero attached hydrogens (tertiary/aromatic N) is 2. The molecule has 16 heavy (non-hydrogen) atoms. The highest BCUT2D eigenvalue weighted by atomic mass is 79.9. The van der Waals surface area contributed by atoms with Crippen LogP contribution >= 0.6 is 15.9 Å². The minimum atomic E-state index is 0.556. The molecule has 1 aliphatic rings. The first kappa shape index (κ1) is 11.8. The SMILES string of the molecule is CC1CC(C)CC(Nc2cc(Br)ncn2)C1. The van der Waals surface area contributed by atoms with Crippen molar-refractivity contribution < 1.29 is 0 Å². The van der Waals surface area contributed by atoms with E-state index in [1.54, 1.807) is 6.33 Å². The molecule has 1 aliphatic carbocycles. The minimum Gasteiger partial charge on any atom is -0.367 e. The third kappa shape index (κ3) is 3.17. The van der Waals surface area contributed by atoms with Crippen LogP contribution in [-0.4, -0.2) is 16.0 Å². The highest BCUT2D eigenvalue weighted by Gasteiger charge is 2.23. The van der Waals surface area contributed by atoms with E-state index in [0.717, 1.165) is 22.3 Å². The van der Waals surface area contributed by atoms with E-state index in [2.05, 4.69) is 45.1 Å². The molecule has 0 spiro atoms. The van der Waals surface area contributed by atoms with Gasteiger partial charge in [-0.1, -0.05) is 13.8 Å². The maximum atomic E-state index is 4.23. The van der Waals surface area contributed by atoms with Crippen LogP contribution in [-0.2, 0) is 0 Å². The number of anilines is 1. The molecule has 1 heterocycles. The Morgan fingerprint density at radius 3 is 2.50 bits per heavy atom. The van der Waals surface area contributed by atoms with E-state index in [1.165, 1.54) is 19.3 Å². The lowest BCUT2D eigenvalue weighted by Gasteiger charge is -2.32. The van der Waals surface area contributed by atoms with Crippen molar-refractivity contribution in [1.29, 1.82) is 0 Å². The van der Waals surface area contributed by atoms with Crippen LogP contribution in [0.25, 0.3) is 0 Å². The molecule has 88 valence electrons. The average molecular weight is 284 g/mol. The average Bonchev–Trinajstić information content (AvgIpc) is 2.15. The van der Waals surface area contributed by atoms with Crippen molar-refractivity contribution in [3.05, 3.63) is 17.0 Å². The van der Waals surface area contributed by atoms with Gasteiger partial charge in [0.2, 0.25) is 0 Å². The van der Waals surface area contributed by atoms with E-state index in [0.29, 0.717) is 6.04 Å². The Balaban J connectivity index is 1.98. The maximum Gasteiger partial charge on any atom is 0.130 e. The Kier molecular flexibility index (Phi) is 3.79. The summed E-state index contributed by atoms with van der Waals surface area (Å²) in [5.41, 5.74) is 0. The standard InChI is InChI=1S/C12H18BrN3/c1-8-3-9(2)5-10(4-8)16-12-6-11(13)14-7-15-12/h6-10H,3-5H2,1-2H3,(H,14,15,16). The van der Waals surface area contributed by atoms with Gasteiger partial charge in [0.15, 0.2) is 0 Å². The van der Waals surface area contributed by atoms with Crippen LogP contribution in [0.5, 0.6) is 0 Å². The summed E-state index contributed by atoms with van der Waals surface area (Å²) in [5.74, 6) is 2.55. The molecule has 0 aromatic carbocycles. The lowest BCUT2D eigenvalue weighted by Crippen LogP contribution is -2.30. The van der Waals surface area contributed by atoms with E-state index in [-0.39, 0.29) is 0 Å². The number of halogens is 1. The quantitative estimate of drug-likeness (QED) is 0.845. The van der Waals surface area contributed by atoms with Gasteiger partial charge in [-0.15, -0.1) is 0 Å². The van der Waals surface area contributed by atoms with Crippen molar-refractivity contribution in [2.24, 2.45) is 11.8 Å². The largest absolute Gasteiger partial charge is 0.367 e. The van der Waals surface area contributed by atoms with Gasteiger partial charge in [-0.05, 0) is 47.0 Å². The van der Waals surface area contributed by atoms with Gasteiger partial charge in [0, 0.05) is 12.1 Å². The molecule has 1 aromatic rings. The number of nitrogens with one attached hydrogen (secondary N) is 1. The van der Waals surface area contributed by atoms with Crippen LogP contribution < -0.4 is 5.32 Å². The maximum absolute atomic E-state index is 4.23. The molecule has 3 nitrogen and oxygen atoms in total. The molecule has 2 atom stereocenters. The monoisotopic (exact) mass is 283 g/mol. The summed E-state index contributed by atoms with van der Waals surface area (Å²) in [6.45, 7) is 4.67. The van der Waals surface area contributed by atoms with Crippen LogP contribution in [0.3, 0.4) is 0 Å². The van der Waals surface area contributed by atoms with Gasteiger partial charge >= 0.3 is 0 Å². The van der Waals surface area contributed by atoms with Crippen molar-refractivity contribution in [2.75, 3.05) is 5.32 Å². The van der Waals surface area contributed by atoms with Crippen molar-refractivity contribution >= 4 is 21.7 Å². The number of rotatable bonds is 2. The van der Waals surface area contributed by atoms with Crippen LogP contribution in [0.1, 0.15) is 33.1 Å². The van der Waals surface area contributed by atoms with E-state index in [4.69, 9.17) is 0 Å². The van der Waals surface area contributed by atoms with Gasteiger partial charge in [0.1, 0.15) is 16.7 Å². The fourth-order valence-electron chi connectivity index (χ4n) is 2.69. The van der Waals surface area contributed by atoms with Gasteiger partial charge in [0.25, 0.3) is 0 Å². The van der Waals surface area contributed by atoms with Crippen molar-refractivity contribution in [2.45, 2.75) is 39.2 Å². The molecule has 0 saturated heterocycles.